The SMILES string of the molecule is COc1ccc(C(O)CSc2cccc(Cl)c2)nn1. The molecule has 2 rings (SSSR count). The molecule has 1 N–H and O–H groups in total. The molecule has 1 atom stereocenters. The van der Waals surface area contributed by atoms with Gasteiger partial charge in [0.25, 0.3) is 0 Å². The summed E-state index contributed by atoms with van der Waals surface area (Å²) in [5.74, 6) is 0.917. The van der Waals surface area contributed by atoms with Crippen LogP contribution >= 0.6 is 23.4 Å². The standard InChI is InChI=1S/C13H13ClN2O2S/c1-18-13-6-5-11(15-16-13)12(17)8-19-10-4-2-3-9(14)7-10/h2-7,12,17H,8H2,1H3. The van der Waals surface area contributed by atoms with E-state index >= 15 is 0 Å². The van der Waals surface area contributed by atoms with E-state index in [-0.39, 0.29) is 0 Å². The number of aliphatic hydroxyl groups excluding tert-OH is 1. The zero-order chi connectivity index (χ0) is 13.7. The van der Waals surface area contributed by atoms with Crippen LogP contribution in [0.25, 0.3) is 0 Å². The molecule has 0 spiro atoms. The summed E-state index contributed by atoms with van der Waals surface area (Å²) in [5, 5.41) is 18.4. The predicted molar refractivity (Wildman–Crippen MR) is 75.7 cm³/mol. The Morgan fingerprint density at radius 1 is 1.32 bits per heavy atom. The lowest BCUT2D eigenvalue weighted by Gasteiger charge is -2.09. The van der Waals surface area contributed by atoms with Crippen LogP contribution in [0.1, 0.15) is 11.8 Å². The molecule has 1 aromatic carbocycles. The normalized spacial score (nSPS) is 12.2. The summed E-state index contributed by atoms with van der Waals surface area (Å²) in [5.41, 5.74) is 0.523. The lowest BCUT2D eigenvalue weighted by atomic mass is 10.3. The summed E-state index contributed by atoms with van der Waals surface area (Å²) in [6.45, 7) is 0. The molecule has 0 aliphatic rings. The number of halogens is 1. The molecule has 0 radical (unpaired) electrons. The highest BCUT2D eigenvalue weighted by atomic mass is 35.5. The third kappa shape index (κ3) is 4.09. The topological polar surface area (TPSA) is 55.2 Å². The van der Waals surface area contributed by atoms with Crippen molar-refractivity contribution in [3.63, 3.8) is 0 Å². The first-order chi connectivity index (χ1) is 9.19. The number of benzene rings is 1. The maximum atomic E-state index is 10.0. The molecule has 4 nitrogen and oxygen atoms in total. The van der Waals surface area contributed by atoms with Crippen LogP contribution in [0.2, 0.25) is 5.02 Å². The Morgan fingerprint density at radius 3 is 2.79 bits per heavy atom. The molecule has 0 amide bonds. The Balaban J connectivity index is 1.95. The monoisotopic (exact) mass is 296 g/mol. The summed E-state index contributed by atoms with van der Waals surface area (Å²) >= 11 is 7.41. The fraction of sp³-hybridized carbons (Fsp3) is 0.231. The number of hydrogen-bond donors (Lipinski definition) is 1. The fourth-order valence-electron chi connectivity index (χ4n) is 1.43. The Hall–Kier alpha value is -1.30. The van der Waals surface area contributed by atoms with Gasteiger partial charge in [-0.05, 0) is 24.3 Å². The van der Waals surface area contributed by atoms with Crippen molar-refractivity contribution in [2.24, 2.45) is 0 Å². The molecule has 19 heavy (non-hydrogen) atoms. The van der Waals surface area contributed by atoms with Crippen LogP contribution in [0.15, 0.2) is 41.3 Å². The van der Waals surface area contributed by atoms with E-state index in [4.69, 9.17) is 16.3 Å². The van der Waals surface area contributed by atoms with E-state index in [0.29, 0.717) is 22.3 Å². The quantitative estimate of drug-likeness (QED) is 0.860. The smallest absolute Gasteiger partial charge is 0.233 e. The molecule has 1 unspecified atom stereocenters. The van der Waals surface area contributed by atoms with Crippen molar-refractivity contribution in [2.45, 2.75) is 11.0 Å². The van der Waals surface area contributed by atoms with E-state index < -0.39 is 6.10 Å². The van der Waals surface area contributed by atoms with E-state index in [1.807, 2.05) is 24.3 Å². The predicted octanol–water partition coefficient (Wildman–Crippen LogP) is 2.96. The Morgan fingerprint density at radius 2 is 2.16 bits per heavy atom. The summed E-state index contributed by atoms with van der Waals surface area (Å²) < 4.78 is 4.92. The minimum Gasteiger partial charge on any atom is -0.480 e. The van der Waals surface area contributed by atoms with Crippen molar-refractivity contribution in [1.82, 2.24) is 10.2 Å². The molecule has 100 valence electrons. The van der Waals surface area contributed by atoms with Crippen LogP contribution < -0.4 is 4.74 Å². The number of aromatic nitrogens is 2. The number of methoxy groups -OCH3 is 1. The number of hydrogen-bond acceptors (Lipinski definition) is 5. The largest absolute Gasteiger partial charge is 0.480 e. The maximum Gasteiger partial charge on any atom is 0.233 e. The van der Waals surface area contributed by atoms with Gasteiger partial charge in [0.05, 0.1) is 12.8 Å². The van der Waals surface area contributed by atoms with Crippen LogP contribution in [0.4, 0.5) is 0 Å². The molecule has 0 saturated carbocycles. The van der Waals surface area contributed by atoms with E-state index in [9.17, 15) is 5.11 Å². The average Bonchev–Trinajstić information content (AvgIpc) is 2.45. The maximum absolute atomic E-state index is 10.0. The molecular formula is C13H13ClN2O2S. The van der Waals surface area contributed by atoms with Crippen LogP contribution in [0.3, 0.4) is 0 Å². The van der Waals surface area contributed by atoms with E-state index in [1.165, 1.54) is 18.9 Å². The first-order valence-corrected chi connectivity index (χ1v) is 6.99. The zero-order valence-electron chi connectivity index (χ0n) is 10.3. The molecule has 0 fully saturated rings. The second-order valence-corrected chi connectivity index (χ2v) is 5.31. The minimum absolute atomic E-state index is 0.429. The third-order valence-corrected chi connectivity index (χ3v) is 3.72. The fourth-order valence-corrected chi connectivity index (χ4v) is 2.60. The van der Waals surface area contributed by atoms with Crippen molar-refractivity contribution >= 4 is 23.4 Å². The summed E-state index contributed by atoms with van der Waals surface area (Å²) in [6, 6.07) is 10.9. The lowest BCUT2D eigenvalue weighted by molar-refractivity contribution is 0.197. The summed E-state index contributed by atoms with van der Waals surface area (Å²) in [4.78, 5) is 1.01. The van der Waals surface area contributed by atoms with E-state index in [1.54, 1.807) is 12.1 Å². The van der Waals surface area contributed by atoms with Gasteiger partial charge < -0.3 is 9.84 Å². The zero-order valence-corrected chi connectivity index (χ0v) is 11.9. The van der Waals surface area contributed by atoms with Crippen LogP contribution in [-0.2, 0) is 0 Å². The molecule has 1 heterocycles. The van der Waals surface area contributed by atoms with E-state index in [0.717, 1.165) is 4.90 Å². The van der Waals surface area contributed by atoms with Crippen LogP contribution in [0.5, 0.6) is 5.88 Å². The highest BCUT2D eigenvalue weighted by Gasteiger charge is 2.10. The Kier molecular flexibility index (Phi) is 5.01. The van der Waals surface area contributed by atoms with Crippen LogP contribution in [-0.4, -0.2) is 28.2 Å². The highest BCUT2D eigenvalue weighted by molar-refractivity contribution is 7.99. The average molecular weight is 297 g/mol. The van der Waals surface area contributed by atoms with Gasteiger partial charge >= 0.3 is 0 Å². The van der Waals surface area contributed by atoms with Gasteiger partial charge in [-0.15, -0.1) is 22.0 Å². The van der Waals surface area contributed by atoms with Crippen molar-refractivity contribution < 1.29 is 9.84 Å². The molecule has 1 aromatic heterocycles. The van der Waals surface area contributed by atoms with Crippen LogP contribution in [0, 0.1) is 0 Å². The van der Waals surface area contributed by atoms with Gasteiger partial charge in [-0.1, -0.05) is 17.7 Å². The first-order valence-electron chi connectivity index (χ1n) is 5.63. The van der Waals surface area contributed by atoms with Gasteiger partial charge in [-0.2, -0.15) is 0 Å². The number of ether oxygens (including phenoxy) is 1. The lowest BCUT2D eigenvalue weighted by Crippen LogP contribution is -2.05. The Bertz CT molecular complexity index is 536. The molecule has 0 aliphatic carbocycles. The number of nitrogens with zero attached hydrogens (tertiary/aromatic N) is 2. The molecule has 0 bridgehead atoms. The molecular weight excluding hydrogens is 284 g/mol. The highest BCUT2D eigenvalue weighted by Crippen LogP contribution is 2.26. The van der Waals surface area contributed by atoms with Gasteiger partial charge in [0, 0.05) is 21.7 Å². The van der Waals surface area contributed by atoms with Crippen molar-refractivity contribution in [1.29, 1.82) is 0 Å². The number of rotatable bonds is 5. The molecule has 2 aromatic rings. The van der Waals surface area contributed by atoms with Gasteiger partial charge in [0.15, 0.2) is 0 Å². The van der Waals surface area contributed by atoms with Gasteiger partial charge in [-0.25, -0.2) is 0 Å². The summed E-state index contributed by atoms with van der Waals surface area (Å²) in [6.07, 6.45) is -0.678. The Labute approximate surface area is 120 Å². The van der Waals surface area contributed by atoms with E-state index in [2.05, 4.69) is 10.2 Å². The number of thioether (sulfide) groups is 1. The van der Waals surface area contributed by atoms with Crippen molar-refractivity contribution in [3.8, 4) is 5.88 Å². The van der Waals surface area contributed by atoms with Crippen molar-refractivity contribution in [3.05, 3.63) is 47.1 Å². The second kappa shape index (κ2) is 6.75. The molecule has 6 heteroatoms. The van der Waals surface area contributed by atoms with Crippen molar-refractivity contribution in [2.75, 3.05) is 12.9 Å². The molecule has 0 saturated heterocycles. The van der Waals surface area contributed by atoms with Gasteiger partial charge in [0.2, 0.25) is 5.88 Å². The minimum atomic E-state index is -0.678. The van der Waals surface area contributed by atoms with Gasteiger partial charge in [0.1, 0.15) is 6.10 Å². The summed E-state index contributed by atoms with van der Waals surface area (Å²) in [7, 11) is 1.52. The third-order valence-electron chi connectivity index (χ3n) is 2.42. The van der Waals surface area contributed by atoms with Gasteiger partial charge in [-0.3, -0.25) is 0 Å². The molecule has 0 aliphatic heterocycles. The second-order valence-electron chi connectivity index (χ2n) is 3.78. The first kappa shape index (κ1) is 14.1. The number of aliphatic hydroxyl groups is 1.